The minimum absolute atomic E-state index is 0.395. The molecule has 0 radical (unpaired) electrons. The van der Waals surface area contributed by atoms with Crippen molar-refractivity contribution in [2.45, 2.75) is 40.0 Å². The van der Waals surface area contributed by atoms with Crippen LogP contribution in [0.25, 0.3) is 0 Å². The Morgan fingerprint density at radius 2 is 1.92 bits per heavy atom. The van der Waals surface area contributed by atoms with Crippen LogP contribution in [0, 0.1) is 6.92 Å². The molecule has 1 aromatic carbocycles. The molecule has 13 heavy (non-hydrogen) atoms. The maximum atomic E-state index is 9.94. The molecule has 1 aromatic rings. The van der Waals surface area contributed by atoms with Gasteiger partial charge in [0.2, 0.25) is 0 Å². The molecular weight excluding hydrogens is 160 g/mol. The first-order valence-electron chi connectivity index (χ1n) is 4.89. The lowest BCUT2D eigenvalue weighted by Crippen LogP contribution is -1.95. The molecule has 0 bridgehead atoms. The van der Waals surface area contributed by atoms with E-state index in [9.17, 15) is 5.11 Å². The zero-order valence-corrected chi connectivity index (χ0v) is 8.89. The largest absolute Gasteiger partial charge is 0.507 e. The van der Waals surface area contributed by atoms with Crippen LogP contribution < -0.4 is 0 Å². The maximum Gasteiger partial charge on any atom is 0.122 e. The first kappa shape index (κ1) is 10.1. The second-order valence-corrected chi connectivity index (χ2v) is 3.81. The van der Waals surface area contributed by atoms with Crippen molar-refractivity contribution in [1.82, 2.24) is 0 Å². The van der Waals surface area contributed by atoms with E-state index in [0.29, 0.717) is 11.7 Å². The Balaban J connectivity index is 3.30. The van der Waals surface area contributed by atoms with Crippen LogP contribution in [0.5, 0.6) is 5.75 Å². The molecule has 0 spiro atoms. The predicted molar refractivity (Wildman–Crippen MR) is 56.3 cm³/mol. The van der Waals surface area contributed by atoms with Crippen LogP contribution in [0.2, 0.25) is 0 Å². The predicted octanol–water partition coefficient (Wildman–Crippen LogP) is 3.39. The van der Waals surface area contributed by atoms with Gasteiger partial charge in [0, 0.05) is 0 Å². The van der Waals surface area contributed by atoms with Gasteiger partial charge in [0.1, 0.15) is 5.75 Å². The van der Waals surface area contributed by atoms with Crippen molar-refractivity contribution in [2.75, 3.05) is 0 Å². The smallest absolute Gasteiger partial charge is 0.122 e. The third kappa shape index (κ3) is 1.85. The molecule has 1 heteroatoms. The highest BCUT2D eigenvalue weighted by Crippen LogP contribution is 2.32. The van der Waals surface area contributed by atoms with E-state index >= 15 is 0 Å². The quantitative estimate of drug-likeness (QED) is 0.736. The summed E-state index contributed by atoms with van der Waals surface area (Å²) in [4.78, 5) is 0. The molecule has 0 unspecified atom stereocenters. The Hall–Kier alpha value is -0.980. The minimum atomic E-state index is 0.395. The van der Waals surface area contributed by atoms with Gasteiger partial charge in [0.05, 0.1) is 0 Å². The lowest BCUT2D eigenvalue weighted by atomic mass is 9.93. The number of aryl methyl sites for hydroxylation is 2. The van der Waals surface area contributed by atoms with E-state index in [-0.39, 0.29) is 0 Å². The Kier molecular flexibility index (Phi) is 2.97. The Labute approximate surface area is 80.4 Å². The van der Waals surface area contributed by atoms with Gasteiger partial charge in [-0.15, -0.1) is 0 Å². The van der Waals surface area contributed by atoms with Crippen molar-refractivity contribution >= 4 is 0 Å². The number of phenolic OH excluding ortho intramolecular Hbond substituents is 1. The van der Waals surface area contributed by atoms with Crippen LogP contribution in [-0.2, 0) is 6.42 Å². The Morgan fingerprint density at radius 1 is 1.31 bits per heavy atom. The van der Waals surface area contributed by atoms with Gasteiger partial charge in [-0.25, -0.2) is 0 Å². The van der Waals surface area contributed by atoms with Crippen molar-refractivity contribution < 1.29 is 5.11 Å². The van der Waals surface area contributed by atoms with Gasteiger partial charge in [-0.2, -0.15) is 0 Å². The molecule has 0 amide bonds. The molecular formula is C12H18O. The summed E-state index contributed by atoms with van der Waals surface area (Å²) in [5.41, 5.74) is 3.33. The average Bonchev–Trinajstić information content (AvgIpc) is 2.04. The van der Waals surface area contributed by atoms with Crippen molar-refractivity contribution in [3.05, 3.63) is 28.8 Å². The minimum Gasteiger partial charge on any atom is -0.507 e. The van der Waals surface area contributed by atoms with Gasteiger partial charge in [0.15, 0.2) is 0 Å². The summed E-state index contributed by atoms with van der Waals surface area (Å²) in [6.07, 6.45) is 0.895. The normalized spacial score (nSPS) is 10.8. The highest BCUT2D eigenvalue weighted by atomic mass is 16.3. The zero-order valence-electron chi connectivity index (χ0n) is 8.89. The lowest BCUT2D eigenvalue weighted by Gasteiger charge is -2.14. The summed E-state index contributed by atoms with van der Waals surface area (Å²) in [6.45, 7) is 8.34. The summed E-state index contributed by atoms with van der Waals surface area (Å²) in [5.74, 6) is 0.893. The van der Waals surface area contributed by atoms with Crippen LogP contribution in [0.4, 0.5) is 0 Å². The number of aromatic hydroxyl groups is 1. The molecule has 1 N–H and O–H groups in total. The summed E-state index contributed by atoms with van der Waals surface area (Å²) in [7, 11) is 0. The molecule has 72 valence electrons. The highest BCUT2D eigenvalue weighted by molar-refractivity contribution is 5.46. The highest BCUT2D eigenvalue weighted by Gasteiger charge is 2.11. The van der Waals surface area contributed by atoms with Crippen molar-refractivity contribution in [2.24, 2.45) is 0 Å². The second kappa shape index (κ2) is 3.82. The molecule has 0 saturated heterocycles. The summed E-state index contributed by atoms with van der Waals surface area (Å²) < 4.78 is 0. The molecule has 0 aliphatic rings. The number of rotatable bonds is 2. The fourth-order valence-electron chi connectivity index (χ4n) is 1.77. The van der Waals surface area contributed by atoms with E-state index in [1.54, 1.807) is 0 Å². The zero-order chi connectivity index (χ0) is 10.0. The van der Waals surface area contributed by atoms with E-state index in [2.05, 4.69) is 33.8 Å². The first-order chi connectivity index (χ1) is 6.07. The molecule has 0 aliphatic carbocycles. The van der Waals surface area contributed by atoms with Crippen LogP contribution in [-0.4, -0.2) is 5.11 Å². The van der Waals surface area contributed by atoms with Gasteiger partial charge in [-0.05, 0) is 36.0 Å². The number of hydrogen-bond donors (Lipinski definition) is 1. The van der Waals surface area contributed by atoms with Crippen LogP contribution in [0.3, 0.4) is 0 Å². The molecule has 0 atom stereocenters. The standard InChI is InChI=1S/C12H18O/c1-5-10-7-6-9(4)11(8(2)3)12(10)13/h6-8,13H,5H2,1-4H3. The van der Waals surface area contributed by atoms with Gasteiger partial charge in [-0.1, -0.05) is 32.9 Å². The third-order valence-electron chi connectivity index (χ3n) is 2.48. The molecule has 0 fully saturated rings. The lowest BCUT2D eigenvalue weighted by molar-refractivity contribution is 0.457. The molecule has 0 saturated carbocycles. The number of hydrogen-bond acceptors (Lipinski definition) is 1. The maximum absolute atomic E-state index is 9.94. The average molecular weight is 178 g/mol. The van der Waals surface area contributed by atoms with E-state index in [1.807, 2.05) is 6.07 Å². The first-order valence-corrected chi connectivity index (χ1v) is 4.89. The fraction of sp³-hybridized carbons (Fsp3) is 0.500. The second-order valence-electron chi connectivity index (χ2n) is 3.81. The van der Waals surface area contributed by atoms with Gasteiger partial charge >= 0.3 is 0 Å². The third-order valence-corrected chi connectivity index (χ3v) is 2.48. The van der Waals surface area contributed by atoms with Crippen LogP contribution in [0.1, 0.15) is 43.4 Å². The van der Waals surface area contributed by atoms with E-state index in [0.717, 1.165) is 17.5 Å². The topological polar surface area (TPSA) is 20.2 Å². The van der Waals surface area contributed by atoms with Crippen molar-refractivity contribution in [3.8, 4) is 5.75 Å². The molecule has 1 nitrogen and oxygen atoms in total. The van der Waals surface area contributed by atoms with Crippen LogP contribution >= 0.6 is 0 Å². The van der Waals surface area contributed by atoms with Crippen LogP contribution in [0.15, 0.2) is 12.1 Å². The summed E-state index contributed by atoms with van der Waals surface area (Å²) in [6, 6.07) is 4.10. The molecule has 0 aromatic heterocycles. The Morgan fingerprint density at radius 3 is 2.38 bits per heavy atom. The fourth-order valence-corrected chi connectivity index (χ4v) is 1.77. The van der Waals surface area contributed by atoms with Crippen molar-refractivity contribution in [3.63, 3.8) is 0 Å². The SMILES string of the molecule is CCc1ccc(C)c(C(C)C)c1O. The van der Waals surface area contributed by atoms with E-state index in [4.69, 9.17) is 0 Å². The molecule has 1 rings (SSSR count). The van der Waals surface area contributed by atoms with E-state index in [1.165, 1.54) is 5.56 Å². The number of phenols is 1. The Bertz CT molecular complexity index is 300. The molecule has 0 heterocycles. The van der Waals surface area contributed by atoms with E-state index < -0.39 is 0 Å². The number of benzene rings is 1. The van der Waals surface area contributed by atoms with Crippen molar-refractivity contribution in [1.29, 1.82) is 0 Å². The summed E-state index contributed by atoms with van der Waals surface area (Å²) >= 11 is 0. The van der Waals surface area contributed by atoms with Gasteiger partial charge in [-0.3, -0.25) is 0 Å². The van der Waals surface area contributed by atoms with Gasteiger partial charge < -0.3 is 5.11 Å². The monoisotopic (exact) mass is 178 g/mol. The summed E-state index contributed by atoms with van der Waals surface area (Å²) in [5, 5.41) is 9.94. The van der Waals surface area contributed by atoms with Gasteiger partial charge in [0.25, 0.3) is 0 Å². The molecule has 0 aliphatic heterocycles.